The SMILES string of the molecule is CCOC(=O)c1ccc(NC(=O)CN(c2ccccc2OCC)S(=O)(=O)c2ccc(SC)cc2)c(Cl)c1. The smallest absolute Gasteiger partial charge is 0.338 e. The van der Waals surface area contributed by atoms with Crippen LogP contribution >= 0.6 is 23.4 Å². The number of sulfonamides is 1. The lowest BCUT2D eigenvalue weighted by Gasteiger charge is -2.26. The Labute approximate surface area is 226 Å². The van der Waals surface area contributed by atoms with Gasteiger partial charge in [-0.3, -0.25) is 9.10 Å². The third-order valence-electron chi connectivity index (χ3n) is 5.12. The van der Waals surface area contributed by atoms with E-state index in [1.807, 2.05) is 6.26 Å². The Morgan fingerprint density at radius 3 is 2.32 bits per heavy atom. The number of halogens is 1. The third kappa shape index (κ3) is 6.97. The average Bonchev–Trinajstić information content (AvgIpc) is 2.89. The molecule has 3 aromatic carbocycles. The zero-order valence-corrected chi connectivity index (χ0v) is 23.0. The van der Waals surface area contributed by atoms with E-state index in [1.165, 1.54) is 42.1 Å². The van der Waals surface area contributed by atoms with Gasteiger partial charge in [-0.15, -0.1) is 11.8 Å². The molecule has 0 fully saturated rings. The van der Waals surface area contributed by atoms with Gasteiger partial charge in [0, 0.05) is 4.90 Å². The van der Waals surface area contributed by atoms with Gasteiger partial charge in [0.05, 0.1) is 40.1 Å². The van der Waals surface area contributed by atoms with Crippen LogP contribution in [-0.2, 0) is 19.6 Å². The average molecular weight is 563 g/mol. The number of carbonyl (C=O) groups is 2. The Morgan fingerprint density at radius 1 is 1.00 bits per heavy atom. The van der Waals surface area contributed by atoms with E-state index in [2.05, 4.69) is 5.32 Å². The van der Waals surface area contributed by atoms with Gasteiger partial charge >= 0.3 is 5.97 Å². The van der Waals surface area contributed by atoms with Gasteiger partial charge < -0.3 is 14.8 Å². The number of amides is 1. The van der Waals surface area contributed by atoms with E-state index < -0.39 is 28.4 Å². The van der Waals surface area contributed by atoms with Crippen LogP contribution in [0.4, 0.5) is 11.4 Å². The molecule has 196 valence electrons. The number of anilines is 2. The number of esters is 1. The predicted octanol–water partition coefficient (Wildman–Crippen LogP) is 5.47. The number of hydrogen-bond acceptors (Lipinski definition) is 7. The fourth-order valence-electron chi connectivity index (χ4n) is 3.39. The van der Waals surface area contributed by atoms with Gasteiger partial charge in [-0.05, 0) is 74.7 Å². The molecule has 3 rings (SSSR count). The number of para-hydroxylation sites is 2. The van der Waals surface area contributed by atoms with Crippen molar-refractivity contribution in [3.05, 3.63) is 77.3 Å². The molecule has 0 atom stereocenters. The molecule has 3 aromatic rings. The highest BCUT2D eigenvalue weighted by molar-refractivity contribution is 7.98. The summed E-state index contributed by atoms with van der Waals surface area (Å²) >= 11 is 7.76. The fraction of sp³-hybridized carbons (Fsp3) is 0.231. The molecular weight excluding hydrogens is 536 g/mol. The second-order valence-electron chi connectivity index (χ2n) is 7.55. The molecule has 0 spiro atoms. The maximum absolute atomic E-state index is 13.7. The van der Waals surface area contributed by atoms with E-state index in [-0.39, 0.29) is 33.5 Å². The minimum atomic E-state index is -4.15. The van der Waals surface area contributed by atoms with Crippen molar-refractivity contribution in [2.24, 2.45) is 0 Å². The molecule has 0 aliphatic carbocycles. The van der Waals surface area contributed by atoms with Gasteiger partial charge in [0.1, 0.15) is 12.3 Å². The maximum Gasteiger partial charge on any atom is 0.338 e. The molecule has 1 amide bonds. The van der Waals surface area contributed by atoms with E-state index in [9.17, 15) is 18.0 Å². The maximum atomic E-state index is 13.7. The summed E-state index contributed by atoms with van der Waals surface area (Å²) in [6, 6.07) is 17.3. The molecule has 0 aromatic heterocycles. The van der Waals surface area contributed by atoms with Crippen LogP contribution in [0.1, 0.15) is 24.2 Å². The topological polar surface area (TPSA) is 102 Å². The Bertz CT molecular complexity index is 1360. The zero-order chi connectivity index (χ0) is 27.0. The van der Waals surface area contributed by atoms with Crippen LogP contribution in [0.5, 0.6) is 5.75 Å². The molecule has 0 aliphatic heterocycles. The lowest BCUT2D eigenvalue weighted by Crippen LogP contribution is -2.38. The van der Waals surface area contributed by atoms with Crippen molar-refractivity contribution in [2.45, 2.75) is 23.6 Å². The normalized spacial score (nSPS) is 11.0. The van der Waals surface area contributed by atoms with Gasteiger partial charge in [-0.1, -0.05) is 23.7 Å². The predicted molar refractivity (Wildman–Crippen MR) is 146 cm³/mol. The zero-order valence-electron chi connectivity index (χ0n) is 20.6. The van der Waals surface area contributed by atoms with E-state index in [0.29, 0.717) is 12.4 Å². The molecule has 0 aliphatic rings. The van der Waals surface area contributed by atoms with Crippen LogP contribution in [0.3, 0.4) is 0 Å². The van der Waals surface area contributed by atoms with Crippen molar-refractivity contribution in [3.63, 3.8) is 0 Å². The standard InChI is InChI=1S/C26H27ClN2O6S2/c1-4-34-24-9-7-6-8-23(24)29(37(32,33)20-13-11-19(36-3)12-14-20)17-25(30)28-22-15-10-18(16-21(22)27)26(31)35-5-2/h6-16H,4-5,17H2,1-3H3,(H,28,30). The lowest BCUT2D eigenvalue weighted by molar-refractivity contribution is -0.114. The Balaban J connectivity index is 1.95. The fourth-order valence-corrected chi connectivity index (χ4v) is 5.46. The molecule has 0 radical (unpaired) electrons. The molecule has 0 bridgehead atoms. The highest BCUT2D eigenvalue weighted by Crippen LogP contribution is 2.33. The van der Waals surface area contributed by atoms with Crippen molar-refractivity contribution < 1.29 is 27.5 Å². The number of nitrogens with one attached hydrogen (secondary N) is 1. The number of ether oxygens (including phenoxy) is 2. The quantitative estimate of drug-likeness (QED) is 0.244. The number of hydrogen-bond donors (Lipinski definition) is 1. The summed E-state index contributed by atoms with van der Waals surface area (Å²) in [5, 5.41) is 2.74. The van der Waals surface area contributed by atoms with E-state index >= 15 is 0 Å². The summed E-state index contributed by atoms with van der Waals surface area (Å²) in [6.45, 7) is 3.44. The minimum Gasteiger partial charge on any atom is -0.492 e. The molecular formula is C26H27ClN2O6S2. The van der Waals surface area contributed by atoms with Gasteiger partial charge in [0.25, 0.3) is 10.0 Å². The molecule has 0 heterocycles. The molecule has 0 saturated heterocycles. The highest BCUT2D eigenvalue weighted by Gasteiger charge is 2.29. The largest absolute Gasteiger partial charge is 0.492 e. The second-order valence-corrected chi connectivity index (χ2v) is 10.7. The van der Waals surface area contributed by atoms with Gasteiger partial charge in [0.2, 0.25) is 5.91 Å². The summed E-state index contributed by atoms with van der Waals surface area (Å²) in [6.07, 6.45) is 1.89. The molecule has 0 saturated carbocycles. The highest BCUT2D eigenvalue weighted by atomic mass is 35.5. The van der Waals surface area contributed by atoms with Gasteiger partial charge in [-0.25, -0.2) is 13.2 Å². The summed E-state index contributed by atoms with van der Waals surface area (Å²) in [5.74, 6) is -0.861. The Kier molecular flexibility index (Phi) is 9.85. The van der Waals surface area contributed by atoms with Crippen molar-refractivity contribution >= 4 is 56.6 Å². The molecule has 8 nitrogen and oxygen atoms in total. The van der Waals surface area contributed by atoms with Gasteiger partial charge in [-0.2, -0.15) is 0 Å². The summed E-state index contributed by atoms with van der Waals surface area (Å²) in [4.78, 5) is 26.0. The minimum absolute atomic E-state index is 0.0289. The number of rotatable bonds is 11. The first-order chi connectivity index (χ1) is 17.7. The van der Waals surface area contributed by atoms with E-state index in [1.54, 1.807) is 50.2 Å². The number of thioether (sulfide) groups is 1. The number of benzene rings is 3. The molecule has 11 heteroatoms. The van der Waals surface area contributed by atoms with E-state index in [4.69, 9.17) is 21.1 Å². The summed E-state index contributed by atoms with van der Waals surface area (Å²) in [7, 11) is -4.15. The van der Waals surface area contributed by atoms with Crippen LogP contribution in [0.2, 0.25) is 5.02 Å². The summed E-state index contributed by atoms with van der Waals surface area (Å²) in [5.41, 5.74) is 0.671. The first-order valence-corrected chi connectivity index (χ1v) is 14.4. The van der Waals surface area contributed by atoms with E-state index in [0.717, 1.165) is 9.20 Å². The van der Waals surface area contributed by atoms with Crippen molar-refractivity contribution in [2.75, 3.05) is 35.6 Å². The van der Waals surface area contributed by atoms with Crippen LogP contribution in [0.15, 0.2) is 76.5 Å². The molecule has 1 N–H and O–H groups in total. The van der Waals surface area contributed by atoms with Gasteiger partial charge in [0.15, 0.2) is 0 Å². The summed E-state index contributed by atoms with van der Waals surface area (Å²) < 4.78 is 39.1. The molecule has 0 unspecified atom stereocenters. The number of carbonyl (C=O) groups excluding carboxylic acids is 2. The van der Waals surface area contributed by atoms with Crippen molar-refractivity contribution in [3.8, 4) is 5.75 Å². The second kappa shape index (κ2) is 12.8. The van der Waals surface area contributed by atoms with Crippen LogP contribution in [0.25, 0.3) is 0 Å². The first-order valence-electron chi connectivity index (χ1n) is 11.4. The lowest BCUT2D eigenvalue weighted by atomic mass is 10.2. The Hall–Kier alpha value is -3.21. The van der Waals surface area contributed by atoms with Crippen molar-refractivity contribution in [1.82, 2.24) is 0 Å². The third-order valence-corrected chi connectivity index (χ3v) is 7.95. The van der Waals surface area contributed by atoms with Crippen LogP contribution < -0.4 is 14.4 Å². The van der Waals surface area contributed by atoms with Crippen molar-refractivity contribution in [1.29, 1.82) is 0 Å². The monoisotopic (exact) mass is 562 g/mol. The van der Waals surface area contributed by atoms with Crippen LogP contribution in [0, 0.1) is 0 Å². The van der Waals surface area contributed by atoms with Crippen LogP contribution in [-0.4, -0.2) is 46.3 Å². The first kappa shape index (κ1) is 28.4. The number of nitrogens with zero attached hydrogens (tertiary/aromatic N) is 1. The molecule has 37 heavy (non-hydrogen) atoms. The Morgan fingerprint density at radius 2 is 1.70 bits per heavy atom.